The molecular weight excluding hydrogens is 240 g/mol. The fraction of sp³-hybridized carbons (Fsp3) is 0.533. The van der Waals surface area contributed by atoms with Crippen LogP contribution in [0.15, 0.2) is 24.3 Å². The summed E-state index contributed by atoms with van der Waals surface area (Å²) in [5.74, 6) is 0.276. The smallest absolute Gasteiger partial charge is 0.227 e. The maximum absolute atomic E-state index is 12.5. The molecule has 1 amide bonds. The average Bonchev–Trinajstić information content (AvgIpc) is 2.99. The molecule has 0 aliphatic carbocycles. The summed E-state index contributed by atoms with van der Waals surface area (Å²) in [6.07, 6.45) is 1.79. The monoisotopic (exact) mass is 260 g/mol. The summed E-state index contributed by atoms with van der Waals surface area (Å²) in [6, 6.07) is 8.48. The van der Waals surface area contributed by atoms with E-state index >= 15 is 0 Å². The topological polar surface area (TPSA) is 41.6 Å². The fourth-order valence-electron chi connectivity index (χ4n) is 2.91. The van der Waals surface area contributed by atoms with Gasteiger partial charge >= 0.3 is 0 Å². The second-order valence-corrected chi connectivity index (χ2v) is 5.41. The summed E-state index contributed by atoms with van der Waals surface area (Å²) in [5.41, 5.74) is 2.40. The zero-order valence-corrected chi connectivity index (χ0v) is 11.3. The predicted octanol–water partition coefficient (Wildman–Crippen LogP) is 1.52. The standard InChI is InChI=1S/C15H20N2O2/c1-17(13-6-7-19-10-13)15(18)12-8-11-4-2-3-5-14(11)16-9-12/h2-5,12-13,16H,6-10H2,1H3. The summed E-state index contributed by atoms with van der Waals surface area (Å²) in [7, 11) is 1.90. The molecule has 2 unspecified atom stereocenters. The summed E-state index contributed by atoms with van der Waals surface area (Å²) in [6.45, 7) is 2.18. The van der Waals surface area contributed by atoms with Gasteiger partial charge in [0.05, 0.1) is 18.6 Å². The first kappa shape index (κ1) is 12.5. The Labute approximate surface area is 113 Å². The number of amides is 1. The lowest BCUT2D eigenvalue weighted by Gasteiger charge is -2.31. The molecule has 0 bridgehead atoms. The molecule has 4 heteroatoms. The highest BCUT2D eigenvalue weighted by Gasteiger charge is 2.31. The van der Waals surface area contributed by atoms with Gasteiger partial charge in [0.2, 0.25) is 5.91 Å². The van der Waals surface area contributed by atoms with Crippen LogP contribution in [0.1, 0.15) is 12.0 Å². The predicted molar refractivity (Wildman–Crippen MR) is 74.1 cm³/mol. The third-order valence-corrected chi connectivity index (χ3v) is 4.17. The molecule has 1 aromatic rings. The zero-order chi connectivity index (χ0) is 13.2. The number of rotatable bonds is 2. The number of carbonyl (C=O) groups is 1. The van der Waals surface area contributed by atoms with Crippen molar-refractivity contribution in [3.63, 3.8) is 0 Å². The first-order valence-corrected chi connectivity index (χ1v) is 6.92. The first-order chi connectivity index (χ1) is 9.25. The van der Waals surface area contributed by atoms with Gasteiger partial charge in [-0.25, -0.2) is 0 Å². The Kier molecular flexibility index (Phi) is 3.42. The van der Waals surface area contributed by atoms with E-state index in [9.17, 15) is 4.79 Å². The van der Waals surface area contributed by atoms with Gasteiger partial charge in [0, 0.05) is 25.9 Å². The van der Waals surface area contributed by atoms with Crippen LogP contribution in [-0.2, 0) is 16.0 Å². The fourth-order valence-corrected chi connectivity index (χ4v) is 2.91. The third-order valence-electron chi connectivity index (χ3n) is 4.17. The number of likely N-dealkylation sites (N-methyl/N-ethyl adjacent to an activating group) is 1. The van der Waals surface area contributed by atoms with E-state index in [2.05, 4.69) is 17.4 Å². The van der Waals surface area contributed by atoms with Crippen molar-refractivity contribution in [2.45, 2.75) is 18.9 Å². The van der Waals surface area contributed by atoms with Crippen molar-refractivity contribution < 1.29 is 9.53 Å². The molecule has 0 spiro atoms. The van der Waals surface area contributed by atoms with Crippen LogP contribution in [0.3, 0.4) is 0 Å². The number of carbonyl (C=O) groups excluding carboxylic acids is 1. The van der Waals surface area contributed by atoms with E-state index in [1.165, 1.54) is 11.3 Å². The van der Waals surface area contributed by atoms with Gasteiger partial charge in [-0.15, -0.1) is 0 Å². The molecule has 0 radical (unpaired) electrons. The summed E-state index contributed by atoms with van der Waals surface area (Å²) >= 11 is 0. The molecule has 2 aliphatic heterocycles. The number of fused-ring (bicyclic) bond motifs is 1. The van der Waals surface area contributed by atoms with Gasteiger partial charge in [0.15, 0.2) is 0 Å². The molecule has 19 heavy (non-hydrogen) atoms. The molecule has 102 valence electrons. The van der Waals surface area contributed by atoms with Gasteiger partial charge in [-0.05, 0) is 24.5 Å². The van der Waals surface area contributed by atoms with Crippen molar-refractivity contribution in [2.24, 2.45) is 5.92 Å². The molecule has 0 saturated carbocycles. The van der Waals surface area contributed by atoms with Crippen LogP contribution in [0.25, 0.3) is 0 Å². The Morgan fingerprint density at radius 3 is 3.05 bits per heavy atom. The van der Waals surface area contributed by atoms with Crippen LogP contribution in [0.2, 0.25) is 0 Å². The highest BCUT2D eigenvalue weighted by molar-refractivity contribution is 5.81. The quantitative estimate of drug-likeness (QED) is 0.876. The van der Waals surface area contributed by atoms with Crippen LogP contribution < -0.4 is 5.32 Å². The molecule has 1 saturated heterocycles. The maximum Gasteiger partial charge on any atom is 0.227 e. The van der Waals surface area contributed by atoms with Crippen molar-refractivity contribution in [3.8, 4) is 0 Å². The van der Waals surface area contributed by atoms with E-state index in [0.29, 0.717) is 6.61 Å². The third kappa shape index (κ3) is 2.45. The van der Waals surface area contributed by atoms with Gasteiger partial charge in [-0.3, -0.25) is 4.79 Å². The van der Waals surface area contributed by atoms with Crippen molar-refractivity contribution in [1.82, 2.24) is 4.90 Å². The number of hydrogen-bond donors (Lipinski definition) is 1. The Morgan fingerprint density at radius 1 is 1.42 bits per heavy atom. The number of ether oxygens (including phenoxy) is 1. The van der Waals surface area contributed by atoms with Gasteiger partial charge in [-0.2, -0.15) is 0 Å². The van der Waals surface area contributed by atoms with Gasteiger partial charge in [0.25, 0.3) is 0 Å². The van der Waals surface area contributed by atoms with Crippen LogP contribution >= 0.6 is 0 Å². The molecule has 1 aromatic carbocycles. The SMILES string of the molecule is CN(C(=O)C1CNc2ccccc2C1)C1CCOC1. The van der Waals surface area contributed by atoms with Crippen molar-refractivity contribution in [2.75, 3.05) is 32.1 Å². The van der Waals surface area contributed by atoms with E-state index < -0.39 is 0 Å². The lowest BCUT2D eigenvalue weighted by Crippen LogP contribution is -2.44. The van der Waals surface area contributed by atoms with Crippen LogP contribution in [0.4, 0.5) is 5.69 Å². The van der Waals surface area contributed by atoms with Crippen molar-refractivity contribution >= 4 is 11.6 Å². The molecule has 2 heterocycles. The Balaban J connectivity index is 1.68. The Morgan fingerprint density at radius 2 is 2.26 bits per heavy atom. The molecule has 1 N–H and O–H groups in total. The highest BCUT2D eigenvalue weighted by atomic mass is 16.5. The van der Waals surface area contributed by atoms with E-state index in [-0.39, 0.29) is 17.9 Å². The molecule has 2 aliphatic rings. The number of benzene rings is 1. The minimum absolute atomic E-state index is 0.0421. The zero-order valence-electron chi connectivity index (χ0n) is 11.3. The lowest BCUT2D eigenvalue weighted by molar-refractivity contribution is -0.136. The molecule has 0 aromatic heterocycles. The number of nitrogens with one attached hydrogen (secondary N) is 1. The Hall–Kier alpha value is -1.55. The summed E-state index contributed by atoms with van der Waals surface area (Å²) in [5, 5.41) is 3.36. The molecular formula is C15H20N2O2. The van der Waals surface area contributed by atoms with Crippen molar-refractivity contribution in [3.05, 3.63) is 29.8 Å². The number of nitrogens with zero attached hydrogens (tertiary/aromatic N) is 1. The van der Waals surface area contributed by atoms with E-state index in [1.807, 2.05) is 24.1 Å². The van der Waals surface area contributed by atoms with E-state index in [1.54, 1.807) is 0 Å². The lowest BCUT2D eigenvalue weighted by atomic mass is 9.92. The van der Waals surface area contributed by atoms with E-state index in [4.69, 9.17) is 4.74 Å². The second kappa shape index (κ2) is 5.21. The highest BCUT2D eigenvalue weighted by Crippen LogP contribution is 2.26. The minimum Gasteiger partial charge on any atom is -0.384 e. The van der Waals surface area contributed by atoms with E-state index in [0.717, 1.165) is 26.0 Å². The van der Waals surface area contributed by atoms with Crippen LogP contribution in [0, 0.1) is 5.92 Å². The first-order valence-electron chi connectivity index (χ1n) is 6.92. The van der Waals surface area contributed by atoms with Gasteiger partial charge in [-0.1, -0.05) is 18.2 Å². The van der Waals surface area contributed by atoms with Crippen molar-refractivity contribution in [1.29, 1.82) is 0 Å². The van der Waals surface area contributed by atoms with Gasteiger partial charge in [0.1, 0.15) is 0 Å². The number of hydrogen-bond acceptors (Lipinski definition) is 3. The Bertz CT molecular complexity index is 469. The minimum atomic E-state index is 0.0421. The largest absolute Gasteiger partial charge is 0.384 e. The van der Waals surface area contributed by atoms with Crippen LogP contribution in [0.5, 0.6) is 0 Å². The molecule has 4 nitrogen and oxygen atoms in total. The maximum atomic E-state index is 12.5. The number of anilines is 1. The molecule has 2 atom stereocenters. The summed E-state index contributed by atoms with van der Waals surface area (Å²) in [4.78, 5) is 14.4. The second-order valence-electron chi connectivity index (χ2n) is 5.41. The molecule has 3 rings (SSSR count). The number of para-hydroxylation sites is 1. The molecule has 1 fully saturated rings. The summed E-state index contributed by atoms with van der Waals surface area (Å²) < 4.78 is 5.36. The average molecular weight is 260 g/mol. The van der Waals surface area contributed by atoms with Crippen LogP contribution in [-0.4, -0.2) is 43.7 Å². The normalized spacial score (nSPS) is 25.5. The van der Waals surface area contributed by atoms with Gasteiger partial charge < -0.3 is 15.0 Å².